The highest BCUT2D eigenvalue weighted by molar-refractivity contribution is 5.94. The van der Waals surface area contributed by atoms with Crippen LogP contribution in [-0.4, -0.2) is 27.2 Å². The molecule has 0 saturated heterocycles. The van der Waals surface area contributed by atoms with E-state index in [0.717, 1.165) is 35.3 Å². The predicted molar refractivity (Wildman–Crippen MR) is 109 cm³/mol. The van der Waals surface area contributed by atoms with Crippen molar-refractivity contribution in [2.45, 2.75) is 26.1 Å². The molecular weight excluding hydrogens is 378 g/mol. The highest BCUT2D eigenvalue weighted by Gasteiger charge is 2.21. The molecule has 1 aromatic carbocycles. The van der Waals surface area contributed by atoms with E-state index in [1.54, 1.807) is 22.9 Å². The Labute approximate surface area is 168 Å². The fourth-order valence-corrected chi connectivity index (χ4v) is 3.23. The molecule has 0 fully saturated rings. The van der Waals surface area contributed by atoms with Crippen LogP contribution in [0.4, 0.5) is 0 Å². The van der Waals surface area contributed by atoms with Gasteiger partial charge in [0.25, 0.3) is 11.5 Å². The van der Waals surface area contributed by atoms with Crippen molar-refractivity contribution in [3.8, 4) is 0 Å². The summed E-state index contributed by atoms with van der Waals surface area (Å²) in [5.41, 5.74) is 4.48. The van der Waals surface area contributed by atoms with Gasteiger partial charge in [0.15, 0.2) is 5.69 Å². The average Bonchev–Trinajstić information content (AvgIpc) is 3.13. The minimum atomic E-state index is -0.170. The molecule has 0 atom stereocenters. The average molecular weight is 400 g/mol. The van der Waals surface area contributed by atoms with Gasteiger partial charge in [0.05, 0.1) is 6.54 Å². The van der Waals surface area contributed by atoms with Crippen LogP contribution < -0.4 is 16.2 Å². The lowest BCUT2D eigenvalue weighted by atomic mass is 10.1. The summed E-state index contributed by atoms with van der Waals surface area (Å²) in [5.74, 6) is -0.170. The quantitative estimate of drug-likeness (QED) is 0.608. The number of pyridine rings is 1. The van der Waals surface area contributed by atoms with Gasteiger partial charge in [-0.15, -0.1) is 12.4 Å². The second-order valence-electron chi connectivity index (χ2n) is 6.62. The topological polar surface area (TPSA) is 91.8 Å². The molecule has 146 valence electrons. The van der Waals surface area contributed by atoms with Crippen LogP contribution in [-0.2, 0) is 26.1 Å². The van der Waals surface area contributed by atoms with Crippen LogP contribution in [0.5, 0.6) is 0 Å². The van der Waals surface area contributed by atoms with Crippen molar-refractivity contribution in [1.82, 2.24) is 25.4 Å². The molecule has 0 radical (unpaired) electrons. The molecule has 3 heterocycles. The maximum Gasteiger partial charge on any atom is 0.272 e. The molecule has 8 heteroatoms. The molecular formula is C20H22ClN5O2. The van der Waals surface area contributed by atoms with Crippen LogP contribution in [0, 0.1) is 0 Å². The van der Waals surface area contributed by atoms with Gasteiger partial charge < -0.3 is 15.2 Å². The number of rotatable bonds is 5. The SMILES string of the molecule is Cl.O=C(NCc1ccc(Cn2ccccc2=O)cc1)c1n[nH]c2c1CNCC2. The Morgan fingerprint density at radius 2 is 1.93 bits per heavy atom. The lowest BCUT2D eigenvalue weighted by molar-refractivity contribution is 0.0944. The highest BCUT2D eigenvalue weighted by Crippen LogP contribution is 2.15. The van der Waals surface area contributed by atoms with Crippen molar-refractivity contribution in [2.24, 2.45) is 0 Å². The number of nitrogens with zero attached hydrogens (tertiary/aromatic N) is 2. The van der Waals surface area contributed by atoms with Crippen molar-refractivity contribution in [3.05, 3.63) is 87.1 Å². The summed E-state index contributed by atoms with van der Waals surface area (Å²) in [7, 11) is 0. The summed E-state index contributed by atoms with van der Waals surface area (Å²) < 4.78 is 1.66. The third kappa shape index (κ3) is 4.32. The lowest BCUT2D eigenvalue weighted by Gasteiger charge is -2.13. The van der Waals surface area contributed by atoms with Crippen molar-refractivity contribution in [3.63, 3.8) is 0 Å². The van der Waals surface area contributed by atoms with Crippen LogP contribution in [0.15, 0.2) is 53.5 Å². The smallest absolute Gasteiger partial charge is 0.272 e. The number of nitrogens with one attached hydrogen (secondary N) is 3. The van der Waals surface area contributed by atoms with Gasteiger partial charge in [0, 0.05) is 49.6 Å². The molecule has 0 unspecified atom stereocenters. The second-order valence-corrected chi connectivity index (χ2v) is 6.62. The monoisotopic (exact) mass is 399 g/mol. The standard InChI is InChI=1S/C20H21N5O2.ClH/c26-18-3-1-2-10-25(18)13-15-6-4-14(5-7-15)11-22-20(27)19-16-12-21-9-8-17(16)23-24-19;/h1-7,10,21H,8-9,11-13H2,(H,22,27)(H,23,24);1H. The van der Waals surface area contributed by atoms with Gasteiger partial charge in [0.2, 0.25) is 0 Å². The molecule has 1 amide bonds. The lowest BCUT2D eigenvalue weighted by Crippen LogP contribution is -2.28. The van der Waals surface area contributed by atoms with Crippen LogP contribution in [0.1, 0.15) is 32.9 Å². The number of carbonyl (C=O) groups is 1. The first-order valence-electron chi connectivity index (χ1n) is 8.99. The van der Waals surface area contributed by atoms with Crippen LogP contribution >= 0.6 is 12.4 Å². The summed E-state index contributed by atoms with van der Waals surface area (Å²) in [6, 6.07) is 13.0. The fraction of sp³-hybridized carbons (Fsp3) is 0.250. The van der Waals surface area contributed by atoms with E-state index in [0.29, 0.717) is 25.3 Å². The molecule has 0 saturated carbocycles. The van der Waals surface area contributed by atoms with Crippen LogP contribution in [0.2, 0.25) is 0 Å². The molecule has 3 N–H and O–H groups in total. The largest absolute Gasteiger partial charge is 0.347 e. The van der Waals surface area contributed by atoms with Crippen LogP contribution in [0.25, 0.3) is 0 Å². The number of amides is 1. The highest BCUT2D eigenvalue weighted by atomic mass is 35.5. The Hall–Kier alpha value is -2.90. The minimum absolute atomic E-state index is 0. The number of halogens is 1. The van der Waals surface area contributed by atoms with E-state index in [1.165, 1.54) is 0 Å². The number of hydrogen-bond acceptors (Lipinski definition) is 4. The fourth-order valence-electron chi connectivity index (χ4n) is 3.23. The maximum absolute atomic E-state index is 12.4. The number of benzene rings is 1. The molecule has 28 heavy (non-hydrogen) atoms. The molecule has 0 bridgehead atoms. The summed E-state index contributed by atoms with van der Waals surface area (Å²) in [4.78, 5) is 24.2. The third-order valence-corrected chi connectivity index (χ3v) is 4.75. The first-order valence-corrected chi connectivity index (χ1v) is 8.99. The van der Waals surface area contributed by atoms with Gasteiger partial charge in [-0.2, -0.15) is 5.10 Å². The second kappa shape index (κ2) is 8.86. The zero-order chi connectivity index (χ0) is 18.6. The minimum Gasteiger partial charge on any atom is -0.347 e. The van der Waals surface area contributed by atoms with Gasteiger partial charge in [0.1, 0.15) is 0 Å². The molecule has 4 rings (SSSR count). The normalized spacial score (nSPS) is 12.7. The summed E-state index contributed by atoms with van der Waals surface area (Å²) >= 11 is 0. The van der Waals surface area contributed by atoms with E-state index in [4.69, 9.17) is 0 Å². The number of carbonyl (C=O) groups excluding carboxylic acids is 1. The Balaban J connectivity index is 0.00000225. The summed E-state index contributed by atoms with van der Waals surface area (Å²) in [5, 5.41) is 13.3. The molecule has 7 nitrogen and oxygen atoms in total. The van der Waals surface area contributed by atoms with Crippen molar-refractivity contribution in [1.29, 1.82) is 0 Å². The zero-order valence-electron chi connectivity index (χ0n) is 15.3. The number of H-pyrrole nitrogens is 1. The van der Waals surface area contributed by atoms with Crippen molar-refractivity contribution >= 4 is 18.3 Å². The van der Waals surface area contributed by atoms with Gasteiger partial charge in [-0.05, 0) is 17.2 Å². The van der Waals surface area contributed by atoms with E-state index in [9.17, 15) is 9.59 Å². The van der Waals surface area contributed by atoms with Gasteiger partial charge in [-0.3, -0.25) is 14.7 Å². The van der Waals surface area contributed by atoms with E-state index < -0.39 is 0 Å². The molecule has 0 spiro atoms. The Bertz CT molecular complexity index is 1010. The Kier molecular flexibility index (Phi) is 6.28. The summed E-state index contributed by atoms with van der Waals surface area (Å²) in [6.45, 7) is 2.53. The van der Waals surface area contributed by atoms with E-state index in [2.05, 4.69) is 20.8 Å². The van der Waals surface area contributed by atoms with Crippen LogP contribution in [0.3, 0.4) is 0 Å². The van der Waals surface area contributed by atoms with E-state index in [-0.39, 0.29) is 23.9 Å². The summed E-state index contributed by atoms with van der Waals surface area (Å²) in [6.07, 6.45) is 2.64. The van der Waals surface area contributed by atoms with Gasteiger partial charge in [-0.1, -0.05) is 30.3 Å². The Morgan fingerprint density at radius 3 is 2.71 bits per heavy atom. The first-order chi connectivity index (χ1) is 13.2. The predicted octanol–water partition coefficient (Wildman–Crippen LogP) is 1.62. The zero-order valence-corrected chi connectivity index (χ0v) is 16.1. The molecule has 3 aromatic rings. The van der Waals surface area contributed by atoms with Crippen molar-refractivity contribution < 1.29 is 4.79 Å². The number of fused-ring (bicyclic) bond motifs is 1. The third-order valence-electron chi connectivity index (χ3n) is 4.75. The number of hydrogen-bond donors (Lipinski definition) is 3. The van der Waals surface area contributed by atoms with E-state index in [1.807, 2.05) is 30.3 Å². The number of aromatic nitrogens is 3. The van der Waals surface area contributed by atoms with Crippen molar-refractivity contribution in [2.75, 3.05) is 6.54 Å². The van der Waals surface area contributed by atoms with E-state index >= 15 is 0 Å². The molecule has 1 aliphatic rings. The van der Waals surface area contributed by atoms with Gasteiger partial charge >= 0.3 is 0 Å². The number of aromatic amines is 1. The Morgan fingerprint density at radius 1 is 1.14 bits per heavy atom. The molecule has 2 aromatic heterocycles. The van der Waals surface area contributed by atoms with Gasteiger partial charge in [-0.25, -0.2) is 0 Å². The maximum atomic E-state index is 12.4. The molecule has 1 aliphatic heterocycles. The molecule has 0 aliphatic carbocycles. The first kappa shape index (κ1) is 19.9.